The van der Waals surface area contributed by atoms with Gasteiger partial charge in [0.15, 0.2) is 17.5 Å². The Labute approximate surface area is 211 Å². The second-order valence-corrected chi connectivity index (χ2v) is 9.04. The zero-order valence-corrected chi connectivity index (χ0v) is 20.0. The first-order valence-electron chi connectivity index (χ1n) is 12.1. The van der Waals surface area contributed by atoms with E-state index in [9.17, 15) is 14.7 Å². The van der Waals surface area contributed by atoms with Crippen LogP contribution in [0.3, 0.4) is 0 Å². The number of carboxylic acid groups (broad SMARTS) is 1. The second kappa shape index (κ2) is 10.3. The summed E-state index contributed by atoms with van der Waals surface area (Å²) < 4.78 is 17.6. The highest BCUT2D eigenvalue weighted by molar-refractivity contribution is 5.79. The van der Waals surface area contributed by atoms with Gasteiger partial charge in [-0.25, -0.2) is 19.3 Å². The molecule has 0 spiro atoms. The zero-order valence-electron chi connectivity index (χ0n) is 20.0. The number of carbonyl (C=O) groups excluding carboxylic acids is 1. The number of rotatable bonds is 5. The molecule has 2 N–H and O–H groups in total. The maximum atomic E-state index is 15.9. The van der Waals surface area contributed by atoms with Crippen LogP contribution in [0, 0.1) is 17.1 Å². The molecule has 5 rings (SSSR count). The van der Waals surface area contributed by atoms with Gasteiger partial charge in [0.2, 0.25) is 11.7 Å². The molecule has 13 heteroatoms. The van der Waals surface area contributed by atoms with Crippen LogP contribution in [0.15, 0.2) is 30.6 Å². The summed E-state index contributed by atoms with van der Waals surface area (Å²) in [6.45, 7) is 1.92. The van der Waals surface area contributed by atoms with Crippen molar-refractivity contribution in [1.29, 1.82) is 5.26 Å². The molecule has 12 nitrogen and oxygen atoms in total. The predicted molar refractivity (Wildman–Crippen MR) is 131 cm³/mol. The lowest BCUT2D eigenvalue weighted by Gasteiger charge is -2.35. The molecule has 0 bridgehead atoms. The summed E-state index contributed by atoms with van der Waals surface area (Å²) in [6.07, 6.45) is 3.64. The number of aromatic nitrogens is 4. The van der Waals surface area contributed by atoms with Gasteiger partial charge in [0.05, 0.1) is 23.3 Å². The van der Waals surface area contributed by atoms with Gasteiger partial charge in [0, 0.05) is 51.5 Å². The molecule has 0 unspecified atom stereocenters. The largest absolute Gasteiger partial charge is 0.465 e. The molecule has 0 aliphatic carbocycles. The number of likely N-dealkylation sites (tertiary alicyclic amines) is 1. The number of fused-ring (bicyclic) bond motifs is 1. The molecular weight excluding hydrogens is 481 g/mol. The van der Waals surface area contributed by atoms with Gasteiger partial charge in [-0.15, -0.1) is 0 Å². The molecule has 2 aliphatic rings. The summed E-state index contributed by atoms with van der Waals surface area (Å²) in [6, 6.07) is 7.21. The van der Waals surface area contributed by atoms with Crippen LogP contribution in [0.25, 0.3) is 16.9 Å². The molecule has 0 aromatic carbocycles. The van der Waals surface area contributed by atoms with Crippen LogP contribution in [0.1, 0.15) is 19.3 Å². The van der Waals surface area contributed by atoms with E-state index >= 15 is 4.39 Å². The van der Waals surface area contributed by atoms with Crippen LogP contribution in [-0.2, 0) is 4.79 Å². The number of hydrogen-bond donors (Lipinski definition) is 2. The minimum Gasteiger partial charge on any atom is -0.465 e. The Morgan fingerprint density at radius 2 is 1.97 bits per heavy atom. The van der Waals surface area contributed by atoms with E-state index in [4.69, 9.17) is 5.26 Å². The number of piperazine rings is 1. The fourth-order valence-electron chi connectivity index (χ4n) is 4.77. The Bertz CT molecular complexity index is 1360. The van der Waals surface area contributed by atoms with Gasteiger partial charge in [-0.05, 0) is 25.0 Å². The average molecular weight is 508 g/mol. The van der Waals surface area contributed by atoms with E-state index in [-0.39, 0.29) is 62.0 Å². The predicted octanol–water partition coefficient (Wildman–Crippen LogP) is 2.05. The molecular formula is C24H26FN9O3. The average Bonchev–Trinajstić information content (AvgIpc) is 3.34. The van der Waals surface area contributed by atoms with Gasteiger partial charge in [0.1, 0.15) is 6.42 Å². The Morgan fingerprint density at radius 1 is 1.16 bits per heavy atom. The van der Waals surface area contributed by atoms with E-state index in [0.717, 1.165) is 5.52 Å². The summed E-state index contributed by atoms with van der Waals surface area (Å²) in [5.74, 6) is -0.503. The Morgan fingerprint density at radius 3 is 2.73 bits per heavy atom. The molecule has 2 fully saturated rings. The lowest BCUT2D eigenvalue weighted by molar-refractivity contribution is -0.131. The number of nitrogens with zero attached hydrogens (tertiary/aromatic N) is 8. The Balaban J connectivity index is 1.49. The summed E-state index contributed by atoms with van der Waals surface area (Å²) >= 11 is 0. The Kier molecular flexibility index (Phi) is 6.72. The van der Waals surface area contributed by atoms with Crippen molar-refractivity contribution in [3.05, 3.63) is 36.4 Å². The van der Waals surface area contributed by atoms with Crippen molar-refractivity contribution in [3.63, 3.8) is 0 Å². The molecule has 1 atom stereocenters. The number of pyridine rings is 1. The molecule has 2 amide bonds. The van der Waals surface area contributed by atoms with E-state index in [2.05, 4.69) is 20.4 Å². The second-order valence-electron chi connectivity index (χ2n) is 9.04. The standard InChI is InChI=1S/C24H26FN9O3/c25-20-22(28-16-4-3-8-33(15-16)19(35)6-7-26)29-21(17-14-27-34-9-2-1-5-18(17)34)30-23(20)31-10-12-32(13-11-31)24(36)37/h1-2,5,9,14,16H,3-4,6,8,10-13,15H2,(H,36,37)(H,28,29,30)/t16-/m1/s1. The number of piperidine rings is 1. The SMILES string of the molecule is N#CCC(=O)N1CCC[C@@H](Nc2nc(-c3cnn4ccccc34)nc(N3CCN(C(=O)O)CC3)c2F)C1. The number of hydrogen-bond acceptors (Lipinski definition) is 8. The normalized spacial score (nSPS) is 18.1. The number of anilines is 2. The van der Waals surface area contributed by atoms with Crippen LogP contribution in [0.2, 0.25) is 0 Å². The third-order valence-corrected chi connectivity index (χ3v) is 6.70. The molecule has 192 valence electrons. The monoisotopic (exact) mass is 507 g/mol. The van der Waals surface area contributed by atoms with Crippen molar-refractivity contribution < 1.29 is 19.1 Å². The minimum atomic E-state index is -1.01. The van der Waals surface area contributed by atoms with E-state index in [1.807, 2.05) is 24.3 Å². The highest BCUT2D eigenvalue weighted by Crippen LogP contribution is 2.30. The van der Waals surface area contributed by atoms with Gasteiger partial charge >= 0.3 is 6.09 Å². The molecule has 3 aromatic rings. The fraction of sp³-hybridized carbons (Fsp3) is 0.417. The van der Waals surface area contributed by atoms with Gasteiger partial charge in [0.25, 0.3) is 0 Å². The first-order chi connectivity index (χ1) is 17.9. The summed E-state index contributed by atoms with van der Waals surface area (Å²) in [4.78, 5) is 37.3. The van der Waals surface area contributed by atoms with Crippen LogP contribution in [0.4, 0.5) is 20.8 Å². The molecule has 2 aliphatic heterocycles. The van der Waals surface area contributed by atoms with Crippen molar-refractivity contribution in [2.24, 2.45) is 0 Å². The lowest BCUT2D eigenvalue weighted by atomic mass is 10.1. The number of amides is 2. The molecule has 37 heavy (non-hydrogen) atoms. The van der Waals surface area contributed by atoms with Gasteiger partial charge < -0.3 is 25.1 Å². The number of nitriles is 1. The quantitative estimate of drug-likeness (QED) is 0.530. The molecule has 0 saturated carbocycles. The van der Waals surface area contributed by atoms with Crippen molar-refractivity contribution in [1.82, 2.24) is 29.4 Å². The van der Waals surface area contributed by atoms with Gasteiger partial charge in [-0.1, -0.05) is 6.07 Å². The smallest absolute Gasteiger partial charge is 0.407 e. The number of nitrogens with one attached hydrogen (secondary N) is 1. The van der Waals surface area contributed by atoms with Crippen LogP contribution in [0.5, 0.6) is 0 Å². The van der Waals surface area contributed by atoms with E-state index in [1.165, 1.54) is 4.90 Å². The van der Waals surface area contributed by atoms with Crippen LogP contribution >= 0.6 is 0 Å². The fourth-order valence-corrected chi connectivity index (χ4v) is 4.77. The Hall–Kier alpha value is -4.47. The van der Waals surface area contributed by atoms with Gasteiger partial charge in [-0.2, -0.15) is 14.8 Å². The van der Waals surface area contributed by atoms with Crippen LogP contribution < -0.4 is 10.2 Å². The first-order valence-corrected chi connectivity index (χ1v) is 12.1. The van der Waals surface area contributed by atoms with Crippen molar-refractivity contribution >= 4 is 29.2 Å². The third-order valence-electron chi connectivity index (χ3n) is 6.70. The maximum Gasteiger partial charge on any atom is 0.407 e. The highest BCUT2D eigenvalue weighted by Gasteiger charge is 2.29. The van der Waals surface area contributed by atoms with Crippen molar-refractivity contribution in [3.8, 4) is 17.5 Å². The molecule has 0 radical (unpaired) electrons. The third kappa shape index (κ3) is 4.95. The first kappa shape index (κ1) is 24.2. The topological polar surface area (TPSA) is 143 Å². The number of carbonyl (C=O) groups is 2. The summed E-state index contributed by atoms with van der Waals surface area (Å²) in [5, 5.41) is 25.7. The van der Waals surface area contributed by atoms with Crippen molar-refractivity contribution in [2.75, 3.05) is 49.5 Å². The van der Waals surface area contributed by atoms with Crippen molar-refractivity contribution in [2.45, 2.75) is 25.3 Å². The molecule has 2 saturated heterocycles. The number of halogens is 1. The van der Waals surface area contributed by atoms with Crippen LogP contribution in [-0.4, -0.2) is 91.8 Å². The van der Waals surface area contributed by atoms with E-state index in [0.29, 0.717) is 31.5 Å². The van der Waals surface area contributed by atoms with Gasteiger partial charge in [-0.3, -0.25) is 4.79 Å². The zero-order chi connectivity index (χ0) is 25.9. The summed E-state index contributed by atoms with van der Waals surface area (Å²) in [5.41, 5.74) is 1.39. The van der Waals surface area contributed by atoms with E-state index in [1.54, 1.807) is 26.7 Å². The minimum absolute atomic E-state index is 0.00975. The highest BCUT2D eigenvalue weighted by atomic mass is 19.1. The molecule has 5 heterocycles. The summed E-state index contributed by atoms with van der Waals surface area (Å²) in [7, 11) is 0. The maximum absolute atomic E-state index is 15.9. The lowest BCUT2D eigenvalue weighted by Crippen LogP contribution is -2.49. The molecule has 3 aromatic heterocycles. The van der Waals surface area contributed by atoms with E-state index < -0.39 is 11.9 Å².